The number of carbonyl (C=O) groups is 1. The van der Waals surface area contributed by atoms with Gasteiger partial charge < -0.3 is 10.4 Å². The van der Waals surface area contributed by atoms with Crippen molar-refractivity contribution in [1.82, 2.24) is 5.32 Å². The van der Waals surface area contributed by atoms with E-state index in [-0.39, 0.29) is 23.8 Å². The van der Waals surface area contributed by atoms with Crippen LogP contribution in [0.5, 0.6) is 0 Å². The van der Waals surface area contributed by atoms with E-state index < -0.39 is 0 Å². The third-order valence-electron chi connectivity index (χ3n) is 4.06. The van der Waals surface area contributed by atoms with Crippen LogP contribution in [0.4, 0.5) is 0 Å². The Balaban J connectivity index is 2.39. The zero-order valence-electron chi connectivity index (χ0n) is 11.3. The van der Waals surface area contributed by atoms with Crippen LogP contribution in [-0.2, 0) is 4.79 Å². The summed E-state index contributed by atoms with van der Waals surface area (Å²) in [5.41, 5.74) is -0.0418. The molecule has 1 aliphatic carbocycles. The monoisotopic (exact) mass is 241 g/mol. The van der Waals surface area contributed by atoms with Gasteiger partial charge in [-0.05, 0) is 19.3 Å². The molecule has 100 valence electrons. The van der Waals surface area contributed by atoms with Crippen molar-refractivity contribution < 1.29 is 9.90 Å². The zero-order chi connectivity index (χ0) is 12.7. The molecule has 3 heteroatoms. The number of aliphatic hydroxyl groups excluding tert-OH is 1. The second kappa shape index (κ2) is 7.00. The highest BCUT2D eigenvalue weighted by Gasteiger charge is 2.31. The number of amides is 1. The molecule has 0 heterocycles. The summed E-state index contributed by atoms with van der Waals surface area (Å²) in [4.78, 5) is 11.8. The number of nitrogens with one attached hydrogen (secondary N) is 1. The molecule has 3 nitrogen and oxygen atoms in total. The van der Waals surface area contributed by atoms with Gasteiger partial charge in [-0.15, -0.1) is 0 Å². The van der Waals surface area contributed by atoms with Crippen LogP contribution < -0.4 is 5.32 Å². The summed E-state index contributed by atoms with van der Waals surface area (Å²) >= 11 is 0. The van der Waals surface area contributed by atoms with E-state index in [1.807, 2.05) is 6.92 Å². The molecule has 1 amide bonds. The predicted octanol–water partition coefficient (Wildman–Crippen LogP) is 2.48. The Hall–Kier alpha value is -0.570. The van der Waals surface area contributed by atoms with Crippen LogP contribution in [0.3, 0.4) is 0 Å². The van der Waals surface area contributed by atoms with Gasteiger partial charge in [-0.2, -0.15) is 0 Å². The molecule has 0 aromatic heterocycles. The molecule has 0 bridgehead atoms. The zero-order valence-corrected chi connectivity index (χ0v) is 11.3. The fraction of sp³-hybridized carbons (Fsp3) is 0.929. The van der Waals surface area contributed by atoms with Gasteiger partial charge >= 0.3 is 0 Å². The summed E-state index contributed by atoms with van der Waals surface area (Å²) in [6.45, 7) is 4.93. The summed E-state index contributed by atoms with van der Waals surface area (Å²) < 4.78 is 0. The second-order valence-corrected chi connectivity index (χ2v) is 5.63. The van der Waals surface area contributed by atoms with Crippen LogP contribution in [0.15, 0.2) is 0 Å². The van der Waals surface area contributed by atoms with Gasteiger partial charge in [0.2, 0.25) is 5.91 Å². The minimum atomic E-state index is -0.0418. The van der Waals surface area contributed by atoms with Gasteiger partial charge in [-0.1, -0.05) is 39.5 Å². The highest BCUT2D eigenvalue weighted by molar-refractivity contribution is 5.78. The van der Waals surface area contributed by atoms with Gasteiger partial charge in [0.25, 0.3) is 0 Å². The molecule has 1 atom stereocenters. The number of carbonyl (C=O) groups excluding carboxylic acids is 1. The standard InChI is InChI=1S/C14H27NO2/c1-3-7-12(2)13(17)15-10-14(11-16)8-5-4-6-9-14/h12,16H,3-11H2,1-2H3,(H,15,17). The Morgan fingerprint density at radius 1 is 1.35 bits per heavy atom. The molecule has 17 heavy (non-hydrogen) atoms. The first kappa shape index (κ1) is 14.5. The van der Waals surface area contributed by atoms with E-state index in [4.69, 9.17) is 0 Å². The smallest absolute Gasteiger partial charge is 0.222 e. The summed E-state index contributed by atoms with van der Waals surface area (Å²) in [6.07, 6.45) is 7.71. The topological polar surface area (TPSA) is 49.3 Å². The Bertz CT molecular complexity index is 234. The molecule has 1 rings (SSSR count). The summed E-state index contributed by atoms with van der Waals surface area (Å²) in [6, 6.07) is 0. The van der Waals surface area contributed by atoms with E-state index in [1.54, 1.807) is 0 Å². The number of rotatable bonds is 6. The molecule has 0 aromatic carbocycles. The molecule has 2 N–H and O–H groups in total. The molecule has 1 unspecified atom stereocenters. The predicted molar refractivity (Wildman–Crippen MR) is 69.7 cm³/mol. The van der Waals surface area contributed by atoms with Crippen molar-refractivity contribution in [3.63, 3.8) is 0 Å². The number of hydrogen-bond acceptors (Lipinski definition) is 2. The average Bonchev–Trinajstić information content (AvgIpc) is 2.37. The van der Waals surface area contributed by atoms with Crippen LogP contribution in [-0.4, -0.2) is 24.2 Å². The molecule has 0 spiro atoms. The maximum atomic E-state index is 11.8. The van der Waals surface area contributed by atoms with Crippen molar-refractivity contribution in [2.24, 2.45) is 11.3 Å². The van der Waals surface area contributed by atoms with Crippen molar-refractivity contribution >= 4 is 5.91 Å². The lowest BCUT2D eigenvalue weighted by Gasteiger charge is -2.36. The molecule has 0 saturated heterocycles. The Morgan fingerprint density at radius 2 is 2.00 bits per heavy atom. The van der Waals surface area contributed by atoms with Crippen LogP contribution >= 0.6 is 0 Å². The van der Waals surface area contributed by atoms with Gasteiger partial charge in [0.1, 0.15) is 0 Å². The lowest BCUT2D eigenvalue weighted by molar-refractivity contribution is -0.125. The van der Waals surface area contributed by atoms with Gasteiger partial charge in [0.05, 0.1) is 6.61 Å². The van der Waals surface area contributed by atoms with Crippen LogP contribution in [0.2, 0.25) is 0 Å². The second-order valence-electron chi connectivity index (χ2n) is 5.63. The van der Waals surface area contributed by atoms with Crippen molar-refractivity contribution in [2.75, 3.05) is 13.2 Å². The van der Waals surface area contributed by atoms with E-state index in [2.05, 4.69) is 12.2 Å². The third kappa shape index (κ3) is 4.30. The van der Waals surface area contributed by atoms with Crippen molar-refractivity contribution in [3.05, 3.63) is 0 Å². The van der Waals surface area contributed by atoms with E-state index >= 15 is 0 Å². The lowest BCUT2D eigenvalue weighted by Crippen LogP contribution is -2.42. The molecule has 0 aliphatic heterocycles. The van der Waals surface area contributed by atoms with Crippen LogP contribution in [0.25, 0.3) is 0 Å². The Morgan fingerprint density at radius 3 is 2.53 bits per heavy atom. The average molecular weight is 241 g/mol. The molecular formula is C14H27NO2. The minimum absolute atomic E-state index is 0.0418. The largest absolute Gasteiger partial charge is 0.396 e. The van der Waals surface area contributed by atoms with Crippen LogP contribution in [0, 0.1) is 11.3 Å². The van der Waals surface area contributed by atoms with Crippen molar-refractivity contribution in [1.29, 1.82) is 0 Å². The molecule has 0 radical (unpaired) electrons. The van der Waals surface area contributed by atoms with E-state index in [0.29, 0.717) is 6.54 Å². The van der Waals surface area contributed by atoms with Gasteiger partial charge in [0, 0.05) is 17.9 Å². The highest BCUT2D eigenvalue weighted by atomic mass is 16.3. The Labute approximate surface area is 105 Å². The fourth-order valence-corrected chi connectivity index (χ4v) is 2.71. The van der Waals surface area contributed by atoms with Crippen molar-refractivity contribution in [2.45, 2.75) is 58.8 Å². The van der Waals surface area contributed by atoms with Gasteiger partial charge in [0.15, 0.2) is 0 Å². The number of hydrogen-bond donors (Lipinski definition) is 2. The normalized spacial score (nSPS) is 20.9. The third-order valence-corrected chi connectivity index (χ3v) is 4.06. The molecule has 1 fully saturated rings. The molecule has 1 saturated carbocycles. The molecular weight excluding hydrogens is 214 g/mol. The first-order valence-corrected chi connectivity index (χ1v) is 7.02. The minimum Gasteiger partial charge on any atom is -0.396 e. The summed E-state index contributed by atoms with van der Waals surface area (Å²) in [5.74, 6) is 0.240. The molecule has 0 aromatic rings. The van der Waals surface area contributed by atoms with E-state index in [1.165, 1.54) is 19.3 Å². The lowest BCUT2D eigenvalue weighted by atomic mass is 9.74. The van der Waals surface area contributed by atoms with Crippen LogP contribution in [0.1, 0.15) is 58.8 Å². The van der Waals surface area contributed by atoms with E-state index in [9.17, 15) is 9.90 Å². The maximum Gasteiger partial charge on any atom is 0.222 e. The fourth-order valence-electron chi connectivity index (χ4n) is 2.71. The van der Waals surface area contributed by atoms with Crippen molar-refractivity contribution in [3.8, 4) is 0 Å². The first-order valence-electron chi connectivity index (χ1n) is 7.02. The van der Waals surface area contributed by atoms with E-state index in [0.717, 1.165) is 25.7 Å². The maximum absolute atomic E-state index is 11.8. The number of aliphatic hydroxyl groups is 1. The van der Waals surface area contributed by atoms with Gasteiger partial charge in [-0.3, -0.25) is 4.79 Å². The first-order chi connectivity index (χ1) is 8.13. The quantitative estimate of drug-likeness (QED) is 0.750. The summed E-state index contributed by atoms with van der Waals surface area (Å²) in [7, 11) is 0. The SMILES string of the molecule is CCCC(C)C(=O)NCC1(CO)CCCCC1. The summed E-state index contributed by atoms with van der Waals surface area (Å²) in [5, 5.41) is 12.6. The Kier molecular flexibility index (Phi) is 5.96. The highest BCUT2D eigenvalue weighted by Crippen LogP contribution is 2.35. The van der Waals surface area contributed by atoms with Gasteiger partial charge in [-0.25, -0.2) is 0 Å². The molecule has 1 aliphatic rings.